The van der Waals surface area contributed by atoms with Crippen LogP contribution in [0.15, 0.2) is 10.9 Å². The Balaban J connectivity index is 3.16. The largest absolute Gasteiger partial charge is 0.478 e. The molecule has 1 heterocycles. The number of hydrogen-bond acceptors (Lipinski definition) is 5. The first kappa shape index (κ1) is 15.2. The van der Waals surface area contributed by atoms with Gasteiger partial charge in [0.2, 0.25) is 0 Å². The first-order valence-electron chi connectivity index (χ1n) is 5.55. The van der Waals surface area contributed by atoms with Gasteiger partial charge in [0.05, 0.1) is 0 Å². The van der Waals surface area contributed by atoms with Crippen molar-refractivity contribution in [2.45, 2.75) is 26.4 Å². The second-order valence-electron chi connectivity index (χ2n) is 4.84. The quantitative estimate of drug-likeness (QED) is 0.747. The van der Waals surface area contributed by atoms with E-state index in [1.165, 1.54) is 0 Å². The molecule has 1 aromatic heterocycles. The predicted molar refractivity (Wildman–Crippen MR) is 68.6 cm³/mol. The Morgan fingerprint density at radius 3 is 2.50 bits per heavy atom. The third-order valence-corrected chi connectivity index (χ3v) is 2.02. The van der Waals surface area contributed by atoms with Gasteiger partial charge in [0.1, 0.15) is 28.6 Å². The van der Waals surface area contributed by atoms with Crippen molar-refractivity contribution in [3.8, 4) is 6.07 Å². The van der Waals surface area contributed by atoms with Gasteiger partial charge in [-0.2, -0.15) is 5.26 Å². The summed E-state index contributed by atoms with van der Waals surface area (Å²) in [6, 6.07) is 2.44. The number of hydrogen-bond donors (Lipinski definition) is 3. The lowest BCUT2D eigenvalue weighted by Crippen LogP contribution is -2.29. The maximum absolute atomic E-state index is 11.6. The number of rotatable bonds is 2. The number of nitriles is 1. The molecule has 0 aliphatic carbocycles. The molecule has 8 nitrogen and oxygen atoms in total. The summed E-state index contributed by atoms with van der Waals surface area (Å²) >= 11 is 0. The first-order chi connectivity index (χ1) is 9.14. The number of carboxylic acid groups (broad SMARTS) is 1. The summed E-state index contributed by atoms with van der Waals surface area (Å²) in [5, 5.41) is 19.8. The van der Waals surface area contributed by atoms with E-state index >= 15 is 0 Å². The van der Waals surface area contributed by atoms with E-state index in [1.807, 2.05) is 0 Å². The monoisotopic (exact) mass is 279 g/mol. The van der Waals surface area contributed by atoms with Gasteiger partial charge in [0.15, 0.2) is 0 Å². The van der Waals surface area contributed by atoms with Crippen LogP contribution >= 0.6 is 0 Å². The smallest absolute Gasteiger partial charge is 0.413 e. The van der Waals surface area contributed by atoms with Crippen LogP contribution in [0.5, 0.6) is 0 Å². The molecule has 0 aliphatic rings. The molecule has 1 amide bonds. The van der Waals surface area contributed by atoms with Gasteiger partial charge in [0, 0.05) is 0 Å². The van der Waals surface area contributed by atoms with Crippen molar-refractivity contribution >= 4 is 17.9 Å². The van der Waals surface area contributed by atoms with E-state index in [1.54, 1.807) is 26.8 Å². The van der Waals surface area contributed by atoms with Crippen LogP contribution in [0, 0.1) is 11.3 Å². The summed E-state index contributed by atoms with van der Waals surface area (Å²) in [4.78, 5) is 36.2. The molecular weight excluding hydrogens is 266 g/mol. The van der Waals surface area contributed by atoms with Crippen LogP contribution in [0.3, 0.4) is 0 Å². The van der Waals surface area contributed by atoms with Gasteiger partial charge >= 0.3 is 12.1 Å². The highest BCUT2D eigenvalue weighted by atomic mass is 16.6. The van der Waals surface area contributed by atoms with Gasteiger partial charge in [0.25, 0.3) is 5.56 Å². The van der Waals surface area contributed by atoms with Crippen LogP contribution in [0.1, 0.15) is 36.7 Å². The van der Waals surface area contributed by atoms with Gasteiger partial charge in [-0.25, -0.2) is 9.59 Å². The van der Waals surface area contributed by atoms with Crippen molar-refractivity contribution in [2.75, 3.05) is 5.32 Å². The molecule has 3 N–H and O–H groups in total. The summed E-state index contributed by atoms with van der Waals surface area (Å²) in [5.41, 5.74) is -2.35. The molecule has 1 rings (SSSR count). The lowest BCUT2D eigenvalue weighted by atomic mass is 10.2. The Kier molecular flexibility index (Phi) is 4.14. The van der Waals surface area contributed by atoms with Gasteiger partial charge < -0.3 is 14.8 Å². The highest BCUT2D eigenvalue weighted by Crippen LogP contribution is 2.14. The van der Waals surface area contributed by atoms with Gasteiger partial charge in [-0.15, -0.1) is 0 Å². The van der Waals surface area contributed by atoms with Crippen molar-refractivity contribution < 1.29 is 19.4 Å². The third-order valence-electron chi connectivity index (χ3n) is 2.02. The Bertz CT molecular complexity index is 649. The highest BCUT2D eigenvalue weighted by Gasteiger charge is 2.20. The molecule has 0 spiro atoms. The number of aromatic carboxylic acids is 1. The van der Waals surface area contributed by atoms with E-state index < -0.39 is 28.8 Å². The highest BCUT2D eigenvalue weighted by molar-refractivity contribution is 5.97. The SMILES string of the molecule is CC(C)(C)OC(=O)Nc1[nH]c(=O)c(C#N)cc1C(=O)O. The zero-order chi connectivity index (χ0) is 15.5. The fourth-order valence-corrected chi connectivity index (χ4v) is 1.29. The summed E-state index contributed by atoms with van der Waals surface area (Å²) in [7, 11) is 0. The molecule has 1 aromatic rings. The van der Waals surface area contributed by atoms with Crippen LogP contribution in [0.4, 0.5) is 10.6 Å². The molecule has 0 saturated carbocycles. The molecule has 0 radical (unpaired) electrons. The third kappa shape index (κ3) is 3.84. The molecule has 0 bridgehead atoms. The zero-order valence-corrected chi connectivity index (χ0v) is 11.1. The second-order valence-corrected chi connectivity index (χ2v) is 4.84. The number of nitrogens with zero attached hydrogens (tertiary/aromatic N) is 1. The molecule has 0 fully saturated rings. The molecular formula is C12H13N3O5. The summed E-state index contributed by atoms with van der Waals surface area (Å²) in [6.07, 6.45) is -0.916. The van der Waals surface area contributed by atoms with E-state index in [2.05, 4.69) is 10.3 Å². The van der Waals surface area contributed by atoms with Crippen LogP contribution in [0.2, 0.25) is 0 Å². The number of aromatic amines is 1. The zero-order valence-electron chi connectivity index (χ0n) is 11.1. The molecule has 0 aromatic carbocycles. The number of anilines is 1. The Hall–Kier alpha value is -2.82. The molecule has 8 heteroatoms. The van der Waals surface area contributed by atoms with Crippen molar-refractivity contribution in [1.29, 1.82) is 5.26 Å². The minimum atomic E-state index is -1.40. The number of nitrogens with one attached hydrogen (secondary N) is 2. The molecule has 0 atom stereocenters. The van der Waals surface area contributed by atoms with Crippen molar-refractivity contribution in [1.82, 2.24) is 4.98 Å². The number of amides is 1. The molecule has 20 heavy (non-hydrogen) atoms. The lowest BCUT2D eigenvalue weighted by Gasteiger charge is -2.19. The number of carbonyl (C=O) groups is 2. The van der Waals surface area contributed by atoms with Crippen molar-refractivity contribution in [3.63, 3.8) is 0 Å². The standard InChI is InChI=1S/C12H13N3O5/c1-12(2,3)20-11(19)15-8-7(10(17)18)4-6(5-13)9(16)14-8/h4H,1-3H3,(H,17,18)(H2,14,15,16,19). The number of carboxylic acids is 1. The van der Waals surface area contributed by atoms with E-state index in [-0.39, 0.29) is 11.4 Å². The van der Waals surface area contributed by atoms with Gasteiger partial charge in [-0.1, -0.05) is 0 Å². The molecule has 0 saturated heterocycles. The van der Waals surface area contributed by atoms with Crippen LogP contribution in [0.25, 0.3) is 0 Å². The van der Waals surface area contributed by atoms with Crippen LogP contribution < -0.4 is 10.9 Å². The predicted octanol–water partition coefficient (Wildman–Crippen LogP) is 1.29. The van der Waals surface area contributed by atoms with E-state index in [9.17, 15) is 14.4 Å². The van der Waals surface area contributed by atoms with Crippen molar-refractivity contribution in [2.24, 2.45) is 0 Å². The molecule has 106 valence electrons. The first-order valence-corrected chi connectivity index (χ1v) is 5.55. The Morgan fingerprint density at radius 2 is 2.05 bits per heavy atom. The topological polar surface area (TPSA) is 132 Å². The summed E-state index contributed by atoms with van der Waals surface area (Å²) in [5.74, 6) is -1.74. The van der Waals surface area contributed by atoms with Crippen LogP contribution in [-0.4, -0.2) is 27.8 Å². The van der Waals surface area contributed by atoms with E-state index in [0.29, 0.717) is 0 Å². The lowest BCUT2D eigenvalue weighted by molar-refractivity contribution is 0.0635. The summed E-state index contributed by atoms with van der Waals surface area (Å²) < 4.78 is 4.94. The fraction of sp³-hybridized carbons (Fsp3) is 0.333. The maximum Gasteiger partial charge on any atom is 0.413 e. The van der Waals surface area contributed by atoms with E-state index in [4.69, 9.17) is 15.1 Å². The molecule has 0 aliphatic heterocycles. The summed E-state index contributed by atoms with van der Waals surface area (Å²) in [6.45, 7) is 4.89. The number of H-pyrrole nitrogens is 1. The normalized spacial score (nSPS) is 10.5. The van der Waals surface area contributed by atoms with Gasteiger partial charge in [-0.3, -0.25) is 10.1 Å². The maximum atomic E-state index is 11.6. The number of ether oxygens (including phenoxy) is 1. The Labute approximate surface area is 114 Å². The van der Waals surface area contributed by atoms with E-state index in [0.717, 1.165) is 6.07 Å². The van der Waals surface area contributed by atoms with Crippen molar-refractivity contribution in [3.05, 3.63) is 27.5 Å². The second kappa shape index (κ2) is 5.44. The minimum Gasteiger partial charge on any atom is -0.478 e. The number of aromatic nitrogens is 1. The fourth-order valence-electron chi connectivity index (χ4n) is 1.29. The average Bonchev–Trinajstić information content (AvgIpc) is 2.25. The van der Waals surface area contributed by atoms with Crippen LogP contribution in [-0.2, 0) is 4.74 Å². The van der Waals surface area contributed by atoms with Gasteiger partial charge in [-0.05, 0) is 26.8 Å². The number of carbonyl (C=O) groups excluding carboxylic acids is 1. The number of pyridine rings is 1. The average molecular weight is 279 g/mol. The minimum absolute atomic E-state index is 0.337. The Morgan fingerprint density at radius 1 is 1.45 bits per heavy atom. The molecule has 0 unspecified atom stereocenters.